The second-order valence-corrected chi connectivity index (χ2v) is 8.15. The molecule has 1 heterocycles. The molecular formula is C18H24ClN3O3S. The number of rotatable bonds is 8. The highest BCUT2D eigenvalue weighted by Gasteiger charge is 2.19. The fourth-order valence-corrected chi connectivity index (χ4v) is 3.53. The average molecular weight is 398 g/mol. The average Bonchev–Trinajstić information content (AvgIpc) is 2.58. The van der Waals surface area contributed by atoms with Crippen LogP contribution in [0, 0.1) is 5.92 Å². The van der Waals surface area contributed by atoms with Crippen molar-refractivity contribution in [2.24, 2.45) is 5.92 Å². The monoisotopic (exact) mass is 397 g/mol. The van der Waals surface area contributed by atoms with Crippen molar-refractivity contribution in [1.29, 1.82) is 0 Å². The maximum Gasteiger partial charge on any atom is 0.262 e. The highest BCUT2D eigenvalue weighted by molar-refractivity contribution is 8.00. The van der Waals surface area contributed by atoms with Crippen LogP contribution in [-0.2, 0) is 16.1 Å². The van der Waals surface area contributed by atoms with Gasteiger partial charge >= 0.3 is 0 Å². The van der Waals surface area contributed by atoms with Crippen LogP contribution in [0.5, 0.6) is 0 Å². The topological polar surface area (TPSA) is 73.2 Å². The second-order valence-electron chi connectivity index (χ2n) is 6.41. The van der Waals surface area contributed by atoms with Crippen molar-refractivity contribution in [3.8, 4) is 0 Å². The highest BCUT2D eigenvalue weighted by atomic mass is 35.5. The predicted molar refractivity (Wildman–Crippen MR) is 106 cm³/mol. The number of nitrogens with zero attached hydrogens (tertiary/aromatic N) is 2. The van der Waals surface area contributed by atoms with E-state index in [0.717, 1.165) is 0 Å². The minimum Gasteiger partial charge on any atom is -0.383 e. The molecule has 0 aliphatic heterocycles. The van der Waals surface area contributed by atoms with Gasteiger partial charge in [-0.2, -0.15) is 0 Å². The first-order chi connectivity index (χ1) is 12.3. The molecule has 0 bridgehead atoms. The smallest absolute Gasteiger partial charge is 0.262 e. The van der Waals surface area contributed by atoms with E-state index in [9.17, 15) is 9.59 Å². The summed E-state index contributed by atoms with van der Waals surface area (Å²) in [6.45, 7) is 7.28. The number of hydrogen-bond acceptors (Lipinski definition) is 5. The molecule has 0 radical (unpaired) electrons. The molecule has 1 atom stereocenters. The normalized spacial score (nSPS) is 12.5. The van der Waals surface area contributed by atoms with E-state index in [1.165, 1.54) is 11.8 Å². The summed E-state index contributed by atoms with van der Waals surface area (Å²) in [4.78, 5) is 29.8. The third-order valence-corrected chi connectivity index (χ3v) is 5.01. The molecule has 0 unspecified atom stereocenters. The molecule has 1 N–H and O–H groups in total. The molecule has 0 saturated heterocycles. The molecule has 0 fully saturated rings. The largest absolute Gasteiger partial charge is 0.383 e. The number of ether oxygens (including phenoxy) is 1. The molecule has 142 valence electrons. The molecule has 1 aromatic heterocycles. The summed E-state index contributed by atoms with van der Waals surface area (Å²) >= 11 is 7.31. The van der Waals surface area contributed by atoms with Crippen LogP contribution in [0.3, 0.4) is 0 Å². The van der Waals surface area contributed by atoms with Gasteiger partial charge in [0.2, 0.25) is 5.91 Å². The lowest BCUT2D eigenvalue weighted by molar-refractivity contribution is -0.120. The van der Waals surface area contributed by atoms with Crippen LogP contribution in [0.4, 0.5) is 0 Å². The van der Waals surface area contributed by atoms with E-state index in [1.54, 1.807) is 36.8 Å². The summed E-state index contributed by atoms with van der Waals surface area (Å²) in [6.07, 6.45) is 0. The van der Waals surface area contributed by atoms with Gasteiger partial charge in [0.05, 0.1) is 22.8 Å². The van der Waals surface area contributed by atoms with E-state index in [0.29, 0.717) is 40.8 Å². The maximum absolute atomic E-state index is 12.9. The van der Waals surface area contributed by atoms with Crippen LogP contribution < -0.4 is 10.9 Å². The maximum atomic E-state index is 12.9. The summed E-state index contributed by atoms with van der Waals surface area (Å²) in [7, 11) is 1.58. The molecule has 0 aliphatic carbocycles. The van der Waals surface area contributed by atoms with Gasteiger partial charge < -0.3 is 10.1 Å². The number of fused-ring (bicyclic) bond motifs is 1. The summed E-state index contributed by atoms with van der Waals surface area (Å²) < 4.78 is 6.57. The lowest BCUT2D eigenvalue weighted by atomic mass is 10.2. The highest BCUT2D eigenvalue weighted by Crippen LogP contribution is 2.24. The number of methoxy groups -OCH3 is 1. The lowest BCUT2D eigenvalue weighted by Crippen LogP contribution is -2.34. The molecular weight excluding hydrogens is 374 g/mol. The van der Waals surface area contributed by atoms with E-state index in [4.69, 9.17) is 16.3 Å². The van der Waals surface area contributed by atoms with E-state index in [2.05, 4.69) is 10.3 Å². The van der Waals surface area contributed by atoms with Gasteiger partial charge in [0.25, 0.3) is 5.56 Å². The zero-order valence-corrected chi connectivity index (χ0v) is 17.0. The van der Waals surface area contributed by atoms with E-state index in [1.807, 2.05) is 13.8 Å². The van der Waals surface area contributed by atoms with Gasteiger partial charge in [-0.15, -0.1) is 0 Å². The van der Waals surface area contributed by atoms with Gasteiger partial charge in [0.1, 0.15) is 0 Å². The van der Waals surface area contributed by atoms with Crippen molar-refractivity contribution in [3.63, 3.8) is 0 Å². The number of halogens is 1. The van der Waals surface area contributed by atoms with Crippen molar-refractivity contribution in [3.05, 3.63) is 33.6 Å². The quantitative estimate of drug-likeness (QED) is 0.421. The number of carbonyl (C=O) groups excluding carboxylic acids is 1. The Labute approximate surface area is 162 Å². The summed E-state index contributed by atoms with van der Waals surface area (Å²) in [5.41, 5.74) is 0.439. The number of nitrogens with one attached hydrogen (secondary N) is 1. The number of thioether (sulfide) groups is 1. The molecule has 2 aromatic rings. The number of hydrogen-bond donors (Lipinski definition) is 1. The Hall–Kier alpha value is -1.57. The van der Waals surface area contributed by atoms with Gasteiger partial charge in [-0.05, 0) is 31.0 Å². The minimum atomic E-state index is -0.387. The molecule has 0 aliphatic rings. The van der Waals surface area contributed by atoms with E-state index < -0.39 is 0 Å². The van der Waals surface area contributed by atoms with Crippen molar-refractivity contribution >= 4 is 40.2 Å². The first-order valence-electron chi connectivity index (χ1n) is 8.47. The van der Waals surface area contributed by atoms with Crippen LogP contribution in [0.2, 0.25) is 5.02 Å². The van der Waals surface area contributed by atoms with Crippen molar-refractivity contribution in [2.75, 3.05) is 20.3 Å². The van der Waals surface area contributed by atoms with Gasteiger partial charge in [-0.1, -0.05) is 37.2 Å². The predicted octanol–water partition coefficient (Wildman–Crippen LogP) is 2.95. The van der Waals surface area contributed by atoms with Crippen LogP contribution in [-0.4, -0.2) is 41.0 Å². The first kappa shape index (κ1) is 20.7. The second kappa shape index (κ2) is 9.39. The molecule has 0 spiro atoms. The number of aromatic nitrogens is 2. The molecule has 1 amide bonds. The van der Waals surface area contributed by atoms with Crippen molar-refractivity contribution in [2.45, 2.75) is 37.7 Å². The summed E-state index contributed by atoms with van der Waals surface area (Å²) in [5, 5.41) is 3.94. The number of carbonyl (C=O) groups is 1. The third-order valence-electron chi connectivity index (χ3n) is 3.69. The van der Waals surface area contributed by atoms with Crippen molar-refractivity contribution in [1.82, 2.24) is 14.9 Å². The Balaban J connectivity index is 2.36. The standard InChI is InChI=1S/C18H24ClN3O3S/c1-11(2)10-22-17(24)14-9-13(19)5-6-15(14)21-18(22)26-12(3)16(23)20-7-8-25-4/h5-6,9,11-12H,7-8,10H2,1-4H3,(H,20,23)/t12-/m0/s1. The molecule has 26 heavy (non-hydrogen) atoms. The fraction of sp³-hybridized carbons (Fsp3) is 0.500. The zero-order chi connectivity index (χ0) is 19.3. The van der Waals surface area contributed by atoms with E-state index >= 15 is 0 Å². The summed E-state index contributed by atoms with van der Waals surface area (Å²) in [6, 6.07) is 5.07. The Morgan fingerprint density at radius 2 is 2.12 bits per heavy atom. The molecule has 8 heteroatoms. The number of benzene rings is 1. The first-order valence-corrected chi connectivity index (χ1v) is 9.72. The Morgan fingerprint density at radius 3 is 2.77 bits per heavy atom. The lowest BCUT2D eigenvalue weighted by Gasteiger charge is -2.17. The van der Waals surface area contributed by atoms with Gasteiger partial charge in [-0.3, -0.25) is 14.2 Å². The van der Waals surface area contributed by atoms with Gasteiger partial charge in [0.15, 0.2) is 5.16 Å². The third kappa shape index (κ3) is 5.22. The van der Waals surface area contributed by atoms with Crippen LogP contribution in [0.25, 0.3) is 10.9 Å². The molecule has 1 aromatic carbocycles. The van der Waals surface area contributed by atoms with Crippen LogP contribution >= 0.6 is 23.4 Å². The Kier molecular flexibility index (Phi) is 7.49. The summed E-state index contributed by atoms with van der Waals surface area (Å²) in [5.74, 6) is 0.143. The molecule has 6 nitrogen and oxygen atoms in total. The Bertz CT molecular complexity index is 838. The molecule has 2 rings (SSSR count). The minimum absolute atomic E-state index is 0.117. The van der Waals surface area contributed by atoms with Crippen LogP contribution in [0.1, 0.15) is 20.8 Å². The zero-order valence-electron chi connectivity index (χ0n) is 15.4. The van der Waals surface area contributed by atoms with Crippen LogP contribution in [0.15, 0.2) is 28.2 Å². The fourth-order valence-electron chi connectivity index (χ4n) is 2.42. The van der Waals surface area contributed by atoms with Crippen molar-refractivity contribution < 1.29 is 9.53 Å². The molecule has 0 saturated carbocycles. The van der Waals surface area contributed by atoms with Gasteiger partial charge in [-0.25, -0.2) is 4.98 Å². The van der Waals surface area contributed by atoms with Gasteiger partial charge in [0, 0.05) is 25.2 Å². The SMILES string of the molecule is COCCNC(=O)[C@H](C)Sc1nc2ccc(Cl)cc2c(=O)n1CC(C)C. The Morgan fingerprint density at radius 1 is 1.38 bits per heavy atom. The van der Waals surface area contributed by atoms with E-state index in [-0.39, 0.29) is 22.6 Å². The number of amides is 1.